The Balaban J connectivity index is 2.08. The van der Waals surface area contributed by atoms with Crippen molar-refractivity contribution in [3.05, 3.63) is 60.7 Å². The Morgan fingerprint density at radius 2 is 1.00 bits per heavy atom. The Morgan fingerprint density at radius 3 is 1.56 bits per heavy atom. The van der Waals surface area contributed by atoms with Crippen molar-refractivity contribution in [3.8, 4) is 23.0 Å². The van der Waals surface area contributed by atoms with Crippen LogP contribution in [0.4, 0.5) is 0 Å². The highest BCUT2D eigenvalue weighted by Crippen LogP contribution is 2.45. The average molecular weight is 234 g/mol. The predicted molar refractivity (Wildman–Crippen MR) is 70.5 cm³/mol. The largest absolute Gasteiger partial charge is 0.453 e. The second-order valence-electron chi connectivity index (χ2n) is 4.26. The van der Waals surface area contributed by atoms with Crippen LogP contribution in [0.5, 0.6) is 23.0 Å². The lowest BCUT2D eigenvalue weighted by atomic mass is 10.1. The molecule has 1 aliphatic heterocycles. The van der Waals surface area contributed by atoms with Gasteiger partial charge in [0, 0.05) is 0 Å². The molecule has 0 bridgehead atoms. The maximum absolute atomic E-state index is 5.95. The zero-order valence-electron chi connectivity index (χ0n) is 9.59. The minimum Gasteiger partial charge on any atom is -0.453 e. The molecule has 3 aromatic carbocycles. The van der Waals surface area contributed by atoms with Gasteiger partial charge in [0.1, 0.15) is 11.5 Å². The molecule has 3 aromatic rings. The van der Waals surface area contributed by atoms with Crippen LogP contribution in [0.3, 0.4) is 0 Å². The van der Waals surface area contributed by atoms with Crippen LogP contribution in [0.2, 0.25) is 0 Å². The van der Waals surface area contributed by atoms with Gasteiger partial charge in [-0.3, -0.25) is 0 Å². The van der Waals surface area contributed by atoms with E-state index in [4.69, 9.17) is 9.47 Å². The van der Waals surface area contributed by atoms with Crippen molar-refractivity contribution in [3.63, 3.8) is 0 Å². The van der Waals surface area contributed by atoms with Gasteiger partial charge in [0.25, 0.3) is 0 Å². The first kappa shape index (κ1) is 9.54. The number of hydrogen-bond donors (Lipinski definition) is 0. The molecule has 0 saturated carbocycles. The summed E-state index contributed by atoms with van der Waals surface area (Å²) in [6, 6.07) is 19.8. The second-order valence-corrected chi connectivity index (χ2v) is 4.26. The highest BCUT2D eigenvalue weighted by Gasteiger charge is 2.17. The van der Waals surface area contributed by atoms with Gasteiger partial charge in [0.05, 0.1) is 5.39 Å². The molecule has 0 N–H and O–H groups in total. The van der Waals surface area contributed by atoms with Crippen LogP contribution in [-0.4, -0.2) is 0 Å². The van der Waals surface area contributed by atoms with Crippen LogP contribution >= 0.6 is 0 Å². The van der Waals surface area contributed by atoms with E-state index in [1.807, 2.05) is 48.5 Å². The van der Waals surface area contributed by atoms with Crippen LogP contribution in [0.15, 0.2) is 60.7 Å². The van der Waals surface area contributed by atoms with Crippen molar-refractivity contribution < 1.29 is 9.47 Å². The Morgan fingerprint density at radius 1 is 0.500 bits per heavy atom. The summed E-state index contributed by atoms with van der Waals surface area (Å²) in [4.78, 5) is 0. The molecule has 1 heterocycles. The summed E-state index contributed by atoms with van der Waals surface area (Å²) in [5, 5.41) is 2.15. The van der Waals surface area contributed by atoms with Crippen molar-refractivity contribution >= 4 is 10.8 Å². The van der Waals surface area contributed by atoms with Gasteiger partial charge in [-0.2, -0.15) is 0 Å². The Kier molecular flexibility index (Phi) is 1.86. The van der Waals surface area contributed by atoms with Gasteiger partial charge in [0.2, 0.25) is 0 Å². The molecule has 0 spiro atoms. The summed E-state index contributed by atoms with van der Waals surface area (Å²) < 4.78 is 11.9. The molecule has 0 aliphatic carbocycles. The Labute approximate surface area is 104 Å². The second kappa shape index (κ2) is 3.50. The van der Waals surface area contributed by atoms with Crippen LogP contribution < -0.4 is 9.47 Å². The molecule has 0 saturated heterocycles. The fourth-order valence-corrected chi connectivity index (χ4v) is 2.30. The van der Waals surface area contributed by atoms with Gasteiger partial charge in [-0.1, -0.05) is 36.4 Å². The standard InChI is InChI=1S/C16H10O2/c1-2-8-13-12(7-1)17-14-9-3-5-11-6-4-10-15(18-13)16(11)14/h1-10H. The van der Waals surface area contributed by atoms with Crippen molar-refractivity contribution in [2.75, 3.05) is 0 Å². The Bertz CT molecular complexity index is 687. The SMILES string of the molecule is c1ccc2c(c1)Oc1cccc3cccc(c13)O2. The summed E-state index contributed by atoms with van der Waals surface area (Å²) in [6.07, 6.45) is 0. The van der Waals surface area contributed by atoms with E-state index in [-0.39, 0.29) is 0 Å². The minimum absolute atomic E-state index is 0.751. The summed E-state index contributed by atoms with van der Waals surface area (Å²) in [5.41, 5.74) is 0. The number of fused-ring (bicyclic) bond motifs is 1. The van der Waals surface area contributed by atoms with Crippen molar-refractivity contribution in [2.24, 2.45) is 0 Å². The van der Waals surface area contributed by atoms with Crippen molar-refractivity contribution in [1.82, 2.24) is 0 Å². The van der Waals surface area contributed by atoms with E-state index in [9.17, 15) is 0 Å². The van der Waals surface area contributed by atoms with E-state index in [1.54, 1.807) is 0 Å². The van der Waals surface area contributed by atoms with E-state index in [2.05, 4.69) is 12.1 Å². The fraction of sp³-hybridized carbons (Fsp3) is 0. The third kappa shape index (κ3) is 1.29. The maximum atomic E-state index is 5.95. The lowest BCUT2D eigenvalue weighted by Crippen LogP contribution is -1.84. The molecule has 4 rings (SSSR count). The van der Waals surface area contributed by atoms with Gasteiger partial charge in [-0.15, -0.1) is 0 Å². The summed E-state index contributed by atoms with van der Waals surface area (Å²) >= 11 is 0. The molecule has 18 heavy (non-hydrogen) atoms. The lowest BCUT2D eigenvalue weighted by molar-refractivity contribution is 0.439. The molecule has 0 fully saturated rings. The predicted octanol–water partition coefficient (Wildman–Crippen LogP) is 4.74. The van der Waals surface area contributed by atoms with Crippen molar-refractivity contribution in [1.29, 1.82) is 0 Å². The van der Waals surface area contributed by atoms with Gasteiger partial charge >= 0.3 is 0 Å². The van der Waals surface area contributed by atoms with E-state index >= 15 is 0 Å². The third-order valence-corrected chi connectivity index (χ3v) is 3.12. The summed E-state index contributed by atoms with van der Waals surface area (Å²) in [6.45, 7) is 0. The first-order chi connectivity index (χ1) is 8.92. The van der Waals surface area contributed by atoms with Gasteiger partial charge in [0.15, 0.2) is 11.5 Å². The van der Waals surface area contributed by atoms with E-state index in [1.165, 1.54) is 0 Å². The van der Waals surface area contributed by atoms with Gasteiger partial charge in [-0.05, 0) is 29.7 Å². The first-order valence-electron chi connectivity index (χ1n) is 5.88. The monoisotopic (exact) mass is 234 g/mol. The van der Waals surface area contributed by atoms with Crippen LogP contribution in [0, 0.1) is 0 Å². The molecule has 0 amide bonds. The molecule has 2 heteroatoms. The molecular weight excluding hydrogens is 224 g/mol. The molecular formula is C16H10O2. The molecule has 0 radical (unpaired) electrons. The van der Waals surface area contributed by atoms with Gasteiger partial charge in [-0.25, -0.2) is 0 Å². The molecule has 86 valence electrons. The highest BCUT2D eigenvalue weighted by molar-refractivity contribution is 5.94. The molecule has 1 aliphatic rings. The summed E-state index contributed by atoms with van der Waals surface area (Å²) in [7, 11) is 0. The zero-order valence-corrected chi connectivity index (χ0v) is 9.59. The Hall–Kier alpha value is -2.48. The first-order valence-corrected chi connectivity index (χ1v) is 5.88. The summed E-state index contributed by atoms with van der Waals surface area (Å²) in [5.74, 6) is 3.18. The number of benzene rings is 3. The molecule has 0 unspecified atom stereocenters. The quantitative estimate of drug-likeness (QED) is 0.437. The smallest absolute Gasteiger partial charge is 0.169 e. The average Bonchev–Trinajstić information content (AvgIpc) is 2.57. The number of rotatable bonds is 0. The topological polar surface area (TPSA) is 18.5 Å². The molecule has 2 nitrogen and oxygen atoms in total. The molecule has 0 atom stereocenters. The van der Waals surface area contributed by atoms with E-state index in [0.29, 0.717) is 0 Å². The number of para-hydroxylation sites is 2. The number of ether oxygens (including phenoxy) is 2. The van der Waals surface area contributed by atoms with Gasteiger partial charge < -0.3 is 9.47 Å². The van der Waals surface area contributed by atoms with Crippen LogP contribution in [-0.2, 0) is 0 Å². The number of hydrogen-bond acceptors (Lipinski definition) is 2. The van der Waals surface area contributed by atoms with E-state index in [0.717, 1.165) is 33.8 Å². The lowest BCUT2D eigenvalue weighted by Gasteiger charge is -2.06. The fourth-order valence-electron chi connectivity index (χ4n) is 2.30. The normalized spacial score (nSPS) is 12.2. The van der Waals surface area contributed by atoms with Crippen molar-refractivity contribution in [2.45, 2.75) is 0 Å². The van der Waals surface area contributed by atoms with E-state index < -0.39 is 0 Å². The minimum atomic E-state index is 0.751. The van der Waals surface area contributed by atoms with Crippen LogP contribution in [0.25, 0.3) is 10.8 Å². The highest BCUT2D eigenvalue weighted by atomic mass is 16.5. The van der Waals surface area contributed by atoms with Crippen LogP contribution in [0.1, 0.15) is 0 Å². The third-order valence-electron chi connectivity index (χ3n) is 3.12. The zero-order chi connectivity index (χ0) is 11.9. The molecule has 0 aromatic heterocycles. The maximum Gasteiger partial charge on any atom is 0.169 e.